The van der Waals surface area contributed by atoms with E-state index in [1.54, 1.807) is 6.07 Å². The van der Waals surface area contributed by atoms with E-state index >= 15 is 0 Å². The second-order valence-electron chi connectivity index (χ2n) is 3.97. The summed E-state index contributed by atoms with van der Waals surface area (Å²) in [5.41, 5.74) is 1.05. The topological polar surface area (TPSA) is 21.3 Å². The minimum atomic E-state index is -0.409. The van der Waals surface area contributed by atoms with Crippen LogP contribution >= 0.6 is 23.2 Å². The first-order chi connectivity index (χ1) is 9.10. The number of halogens is 3. The van der Waals surface area contributed by atoms with E-state index in [1.165, 1.54) is 18.2 Å². The number of rotatable bonds is 4. The van der Waals surface area contributed by atoms with Crippen LogP contribution in [-0.2, 0) is 6.54 Å². The summed E-state index contributed by atoms with van der Waals surface area (Å²) < 4.78 is 18.5. The standard InChI is InChI=1S/C14H12Cl2FNO/c1-18-8-9-2-4-13(11(15)6-9)19-14-5-3-10(17)7-12(14)16/h2-7,18H,8H2,1H3. The van der Waals surface area contributed by atoms with Crippen LogP contribution in [-0.4, -0.2) is 7.05 Å². The lowest BCUT2D eigenvalue weighted by Crippen LogP contribution is -2.04. The van der Waals surface area contributed by atoms with Crippen molar-refractivity contribution in [2.75, 3.05) is 7.05 Å². The van der Waals surface area contributed by atoms with Crippen molar-refractivity contribution >= 4 is 23.2 Å². The molecule has 0 atom stereocenters. The molecule has 2 aromatic carbocycles. The molecular formula is C14H12Cl2FNO. The fourth-order valence-electron chi connectivity index (χ4n) is 1.62. The first-order valence-electron chi connectivity index (χ1n) is 5.66. The van der Waals surface area contributed by atoms with E-state index < -0.39 is 5.82 Å². The second-order valence-corrected chi connectivity index (χ2v) is 4.79. The van der Waals surface area contributed by atoms with E-state index in [-0.39, 0.29) is 5.02 Å². The quantitative estimate of drug-likeness (QED) is 0.888. The minimum Gasteiger partial charge on any atom is -0.454 e. The zero-order valence-electron chi connectivity index (χ0n) is 10.2. The number of ether oxygens (including phenoxy) is 1. The molecule has 0 aliphatic rings. The van der Waals surface area contributed by atoms with E-state index in [2.05, 4.69) is 5.32 Å². The van der Waals surface area contributed by atoms with E-state index in [0.29, 0.717) is 16.5 Å². The van der Waals surface area contributed by atoms with Crippen molar-refractivity contribution in [3.05, 3.63) is 57.8 Å². The lowest BCUT2D eigenvalue weighted by molar-refractivity contribution is 0.481. The summed E-state index contributed by atoms with van der Waals surface area (Å²) in [7, 11) is 1.86. The molecule has 0 spiro atoms. The van der Waals surface area contributed by atoms with Gasteiger partial charge in [0.25, 0.3) is 0 Å². The molecule has 0 unspecified atom stereocenters. The van der Waals surface area contributed by atoms with Crippen LogP contribution in [0.5, 0.6) is 11.5 Å². The highest BCUT2D eigenvalue weighted by Crippen LogP contribution is 2.34. The first kappa shape index (κ1) is 14.1. The Hall–Kier alpha value is -1.29. The van der Waals surface area contributed by atoms with Gasteiger partial charge < -0.3 is 10.1 Å². The molecular weight excluding hydrogens is 288 g/mol. The molecule has 0 radical (unpaired) electrons. The summed E-state index contributed by atoms with van der Waals surface area (Å²) in [5, 5.41) is 3.72. The van der Waals surface area contributed by atoms with E-state index in [9.17, 15) is 4.39 Å². The normalized spacial score (nSPS) is 10.5. The Morgan fingerprint density at radius 1 is 1.05 bits per heavy atom. The summed E-state index contributed by atoms with van der Waals surface area (Å²) in [5.74, 6) is 0.439. The zero-order valence-corrected chi connectivity index (χ0v) is 11.7. The van der Waals surface area contributed by atoms with Crippen LogP contribution in [0.25, 0.3) is 0 Å². The van der Waals surface area contributed by atoms with E-state index in [1.807, 2.05) is 19.2 Å². The van der Waals surface area contributed by atoms with Gasteiger partial charge in [-0.25, -0.2) is 4.39 Å². The summed E-state index contributed by atoms with van der Waals surface area (Å²) in [4.78, 5) is 0. The van der Waals surface area contributed by atoms with Gasteiger partial charge in [-0.3, -0.25) is 0 Å². The van der Waals surface area contributed by atoms with Crippen LogP contribution in [0.15, 0.2) is 36.4 Å². The lowest BCUT2D eigenvalue weighted by atomic mass is 10.2. The predicted octanol–water partition coefficient (Wildman–Crippen LogP) is 4.64. The monoisotopic (exact) mass is 299 g/mol. The van der Waals surface area contributed by atoms with Crippen molar-refractivity contribution in [1.29, 1.82) is 0 Å². The molecule has 2 nitrogen and oxygen atoms in total. The van der Waals surface area contributed by atoms with Crippen LogP contribution in [0.2, 0.25) is 10.0 Å². The van der Waals surface area contributed by atoms with Gasteiger partial charge in [-0.15, -0.1) is 0 Å². The highest BCUT2D eigenvalue weighted by atomic mass is 35.5. The highest BCUT2D eigenvalue weighted by Gasteiger charge is 2.08. The van der Waals surface area contributed by atoms with Crippen molar-refractivity contribution in [1.82, 2.24) is 5.32 Å². The lowest BCUT2D eigenvalue weighted by Gasteiger charge is -2.10. The van der Waals surface area contributed by atoms with Gasteiger partial charge in [0.2, 0.25) is 0 Å². The third-order valence-corrected chi connectivity index (χ3v) is 3.08. The summed E-state index contributed by atoms with van der Waals surface area (Å²) >= 11 is 12.0. The summed E-state index contributed by atoms with van der Waals surface area (Å²) in [6.45, 7) is 0.720. The third kappa shape index (κ3) is 3.60. The highest BCUT2D eigenvalue weighted by molar-refractivity contribution is 6.32. The van der Waals surface area contributed by atoms with E-state index in [0.717, 1.165) is 12.1 Å². The zero-order chi connectivity index (χ0) is 13.8. The van der Waals surface area contributed by atoms with Gasteiger partial charge in [-0.05, 0) is 42.9 Å². The number of hydrogen-bond acceptors (Lipinski definition) is 2. The van der Waals surface area contributed by atoms with Crippen molar-refractivity contribution in [2.45, 2.75) is 6.54 Å². The molecule has 0 aliphatic heterocycles. The average Bonchev–Trinajstić information content (AvgIpc) is 2.36. The fourth-order valence-corrected chi connectivity index (χ4v) is 2.07. The number of nitrogens with one attached hydrogen (secondary N) is 1. The Bertz CT molecular complexity index is 590. The van der Waals surface area contributed by atoms with Gasteiger partial charge in [-0.1, -0.05) is 29.3 Å². The SMILES string of the molecule is CNCc1ccc(Oc2ccc(F)cc2Cl)c(Cl)c1. The Labute approximate surface area is 121 Å². The maximum atomic E-state index is 12.9. The van der Waals surface area contributed by atoms with Crippen LogP contribution in [0.3, 0.4) is 0 Å². The maximum absolute atomic E-state index is 12.9. The Morgan fingerprint density at radius 3 is 2.26 bits per heavy atom. The van der Waals surface area contributed by atoms with Crippen LogP contribution in [0, 0.1) is 5.82 Å². The molecule has 2 aromatic rings. The third-order valence-electron chi connectivity index (χ3n) is 2.49. The van der Waals surface area contributed by atoms with Crippen molar-refractivity contribution in [3.8, 4) is 11.5 Å². The molecule has 19 heavy (non-hydrogen) atoms. The molecule has 100 valence electrons. The second kappa shape index (κ2) is 6.24. The van der Waals surface area contributed by atoms with Crippen LogP contribution in [0.1, 0.15) is 5.56 Å². The van der Waals surface area contributed by atoms with E-state index in [4.69, 9.17) is 27.9 Å². The van der Waals surface area contributed by atoms with Gasteiger partial charge in [-0.2, -0.15) is 0 Å². The largest absolute Gasteiger partial charge is 0.454 e. The summed E-state index contributed by atoms with van der Waals surface area (Å²) in [6.07, 6.45) is 0. The molecule has 0 fully saturated rings. The van der Waals surface area contributed by atoms with Crippen molar-refractivity contribution < 1.29 is 9.13 Å². The molecule has 1 N–H and O–H groups in total. The van der Waals surface area contributed by atoms with Gasteiger partial charge >= 0.3 is 0 Å². The molecule has 0 saturated heterocycles. The average molecular weight is 300 g/mol. The summed E-state index contributed by atoms with van der Waals surface area (Å²) in [6, 6.07) is 9.41. The van der Waals surface area contributed by atoms with Gasteiger partial charge in [0.1, 0.15) is 17.3 Å². The van der Waals surface area contributed by atoms with Crippen LogP contribution in [0.4, 0.5) is 4.39 Å². The molecule has 0 amide bonds. The minimum absolute atomic E-state index is 0.204. The fraction of sp³-hybridized carbons (Fsp3) is 0.143. The molecule has 0 saturated carbocycles. The Morgan fingerprint density at radius 2 is 1.68 bits per heavy atom. The predicted molar refractivity (Wildman–Crippen MR) is 75.7 cm³/mol. The first-order valence-corrected chi connectivity index (χ1v) is 6.41. The van der Waals surface area contributed by atoms with Crippen molar-refractivity contribution in [2.24, 2.45) is 0 Å². The molecule has 0 heterocycles. The molecule has 0 bridgehead atoms. The van der Waals surface area contributed by atoms with Gasteiger partial charge in [0.15, 0.2) is 0 Å². The van der Waals surface area contributed by atoms with Crippen LogP contribution < -0.4 is 10.1 Å². The molecule has 0 aromatic heterocycles. The van der Waals surface area contributed by atoms with Gasteiger partial charge in [0.05, 0.1) is 10.0 Å². The van der Waals surface area contributed by atoms with Crippen molar-refractivity contribution in [3.63, 3.8) is 0 Å². The number of benzene rings is 2. The molecule has 5 heteroatoms. The smallest absolute Gasteiger partial charge is 0.146 e. The number of hydrogen-bond donors (Lipinski definition) is 1. The van der Waals surface area contributed by atoms with Gasteiger partial charge in [0, 0.05) is 6.54 Å². The molecule has 2 rings (SSSR count). The Balaban J connectivity index is 2.23. The molecule has 0 aliphatic carbocycles. The Kier molecular flexibility index (Phi) is 4.64. The maximum Gasteiger partial charge on any atom is 0.146 e.